The van der Waals surface area contributed by atoms with Crippen molar-refractivity contribution < 1.29 is 26.8 Å². The van der Waals surface area contributed by atoms with Crippen molar-refractivity contribution in [2.45, 2.75) is 12.7 Å². The Labute approximate surface area is 134 Å². The Morgan fingerprint density at radius 1 is 1.12 bits per heavy atom. The van der Waals surface area contributed by atoms with Crippen molar-refractivity contribution >= 4 is 5.69 Å². The van der Waals surface area contributed by atoms with Crippen LogP contribution in [0.25, 0.3) is 11.6 Å². The minimum Gasteiger partial charge on any atom is -0.482 e. The maximum Gasteiger partial charge on any atom is 0.422 e. The summed E-state index contributed by atoms with van der Waals surface area (Å²) in [6.45, 7) is -1.24. The molecule has 0 atom stereocenters. The fourth-order valence-electron chi connectivity index (χ4n) is 1.90. The number of hydrogen-bond donors (Lipinski definition) is 1. The van der Waals surface area contributed by atoms with E-state index in [4.69, 9.17) is 13.7 Å². The maximum atomic E-state index is 12.3. The van der Waals surface area contributed by atoms with E-state index in [0.29, 0.717) is 17.3 Å². The second-order valence-corrected chi connectivity index (χ2v) is 4.74. The van der Waals surface area contributed by atoms with Gasteiger partial charge < -0.3 is 19.0 Å². The molecule has 24 heavy (non-hydrogen) atoms. The van der Waals surface area contributed by atoms with E-state index in [1.54, 1.807) is 30.3 Å². The van der Waals surface area contributed by atoms with Gasteiger partial charge in [-0.1, -0.05) is 17.3 Å². The number of rotatable bonds is 6. The van der Waals surface area contributed by atoms with Gasteiger partial charge in [-0.3, -0.25) is 0 Å². The second-order valence-electron chi connectivity index (χ2n) is 4.74. The minimum atomic E-state index is -4.41. The molecule has 126 valence electrons. The fourth-order valence-corrected chi connectivity index (χ4v) is 1.90. The summed E-state index contributed by atoms with van der Waals surface area (Å²) >= 11 is 0. The molecule has 0 aliphatic heterocycles. The summed E-state index contributed by atoms with van der Waals surface area (Å²) < 4.78 is 51.8. The number of benzene rings is 1. The molecule has 0 unspecified atom stereocenters. The summed E-state index contributed by atoms with van der Waals surface area (Å²) in [5.41, 5.74) is 0.388. The van der Waals surface area contributed by atoms with Crippen molar-refractivity contribution in [2.24, 2.45) is 0 Å². The Morgan fingerprint density at radius 2 is 1.96 bits per heavy atom. The normalized spacial score (nSPS) is 11.5. The maximum absolute atomic E-state index is 12.3. The SMILES string of the molecule is FC(F)(F)COc1ccccc1NCc1nc(-c2ccco2)no1. The van der Waals surface area contributed by atoms with Crippen LogP contribution in [-0.2, 0) is 6.54 Å². The average molecular weight is 339 g/mol. The second kappa shape index (κ2) is 6.65. The topological polar surface area (TPSA) is 73.3 Å². The molecule has 0 saturated carbocycles. The number of halogens is 3. The first-order chi connectivity index (χ1) is 11.5. The molecule has 0 radical (unpaired) electrons. The van der Waals surface area contributed by atoms with E-state index in [0.717, 1.165) is 0 Å². The summed E-state index contributed by atoms with van der Waals surface area (Å²) in [6, 6.07) is 9.66. The third kappa shape index (κ3) is 4.06. The zero-order chi connectivity index (χ0) is 17.0. The van der Waals surface area contributed by atoms with E-state index in [9.17, 15) is 13.2 Å². The molecule has 0 fully saturated rings. The number of hydrogen-bond acceptors (Lipinski definition) is 6. The lowest BCUT2D eigenvalue weighted by Gasteiger charge is -2.13. The zero-order valence-electron chi connectivity index (χ0n) is 12.2. The minimum absolute atomic E-state index is 0.0839. The van der Waals surface area contributed by atoms with Gasteiger partial charge in [0, 0.05) is 0 Å². The third-order valence-corrected chi connectivity index (χ3v) is 2.92. The van der Waals surface area contributed by atoms with E-state index < -0.39 is 12.8 Å². The molecule has 9 heteroatoms. The van der Waals surface area contributed by atoms with Crippen LogP contribution in [0.3, 0.4) is 0 Å². The molecule has 1 aromatic carbocycles. The lowest BCUT2D eigenvalue weighted by molar-refractivity contribution is -0.153. The highest BCUT2D eigenvalue weighted by Gasteiger charge is 2.28. The lowest BCUT2D eigenvalue weighted by Crippen LogP contribution is -2.19. The van der Waals surface area contributed by atoms with Crippen LogP contribution in [0.4, 0.5) is 18.9 Å². The van der Waals surface area contributed by atoms with Crippen molar-refractivity contribution in [3.8, 4) is 17.3 Å². The highest BCUT2D eigenvalue weighted by molar-refractivity contribution is 5.56. The predicted molar refractivity (Wildman–Crippen MR) is 77.3 cm³/mol. The first-order valence-corrected chi connectivity index (χ1v) is 6.90. The smallest absolute Gasteiger partial charge is 0.422 e. The molecule has 0 aliphatic carbocycles. The van der Waals surface area contributed by atoms with Gasteiger partial charge in [0.2, 0.25) is 11.7 Å². The molecule has 0 bridgehead atoms. The summed E-state index contributed by atoms with van der Waals surface area (Å²) in [7, 11) is 0. The van der Waals surface area contributed by atoms with Crippen LogP contribution in [0.1, 0.15) is 5.89 Å². The first kappa shape index (κ1) is 15.9. The van der Waals surface area contributed by atoms with Crippen LogP contribution in [0.2, 0.25) is 0 Å². The van der Waals surface area contributed by atoms with Gasteiger partial charge in [-0.15, -0.1) is 0 Å². The molecule has 3 rings (SSSR count). The van der Waals surface area contributed by atoms with Gasteiger partial charge in [-0.2, -0.15) is 18.2 Å². The predicted octanol–water partition coefficient (Wildman–Crippen LogP) is 3.88. The van der Waals surface area contributed by atoms with Crippen molar-refractivity contribution in [3.63, 3.8) is 0 Å². The van der Waals surface area contributed by atoms with E-state index >= 15 is 0 Å². The largest absolute Gasteiger partial charge is 0.482 e. The van der Waals surface area contributed by atoms with E-state index in [2.05, 4.69) is 15.5 Å². The number of para-hydroxylation sites is 2. The lowest BCUT2D eigenvalue weighted by atomic mass is 10.3. The van der Waals surface area contributed by atoms with Gasteiger partial charge in [-0.05, 0) is 24.3 Å². The van der Waals surface area contributed by atoms with Crippen LogP contribution < -0.4 is 10.1 Å². The van der Waals surface area contributed by atoms with Crippen LogP contribution in [0, 0.1) is 0 Å². The van der Waals surface area contributed by atoms with Crippen LogP contribution in [0.5, 0.6) is 5.75 Å². The first-order valence-electron chi connectivity index (χ1n) is 6.90. The number of nitrogens with zero attached hydrogens (tertiary/aromatic N) is 2. The van der Waals surface area contributed by atoms with Gasteiger partial charge in [0.05, 0.1) is 18.5 Å². The van der Waals surface area contributed by atoms with Gasteiger partial charge in [0.1, 0.15) is 5.75 Å². The third-order valence-electron chi connectivity index (χ3n) is 2.92. The number of furan rings is 1. The molecule has 0 saturated heterocycles. The molecular formula is C15H12F3N3O3. The highest BCUT2D eigenvalue weighted by atomic mass is 19.4. The van der Waals surface area contributed by atoms with Crippen molar-refractivity contribution in [1.29, 1.82) is 0 Å². The van der Waals surface area contributed by atoms with Gasteiger partial charge >= 0.3 is 6.18 Å². The summed E-state index contributed by atoms with van der Waals surface area (Å²) in [5.74, 6) is 1.09. The van der Waals surface area contributed by atoms with Crippen LogP contribution in [0.15, 0.2) is 51.6 Å². The Balaban J connectivity index is 1.64. The van der Waals surface area contributed by atoms with Crippen LogP contribution in [-0.4, -0.2) is 22.9 Å². The molecule has 2 aromatic heterocycles. The van der Waals surface area contributed by atoms with Crippen LogP contribution >= 0.6 is 0 Å². The molecule has 0 amide bonds. The summed E-state index contributed by atoms with van der Waals surface area (Å²) in [4.78, 5) is 4.13. The zero-order valence-corrected chi connectivity index (χ0v) is 12.2. The molecular weight excluding hydrogens is 327 g/mol. The van der Waals surface area contributed by atoms with Gasteiger partial charge in [-0.25, -0.2) is 0 Å². The Morgan fingerprint density at radius 3 is 2.71 bits per heavy atom. The fraction of sp³-hybridized carbons (Fsp3) is 0.200. The summed E-state index contributed by atoms with van der Waals surface area (Å²) in [6.07, 6.45) is -2.92. The number of aromatic nitrogens is 2. The quantitative estimate of drug-likeness (QED) is 0.735. The molecule has 2 heterocycles. The Hall–Kier alpha value is -2.97. The monoisotopic (exact) mass is 339 g/mol. The molecule has 0 aliphatic rings. The van der Waals surface area contributed by atoms with Crippen molar-refractivity contribution in [1.82, 2.24) is 10.1 Å². The number of nitrogens with one attached hydrogen (secondary N) is 1. The number of alkyl halides is 3. The highest BCUT2D eigenvalue weighted by Crippen LogP contribution is 2.26. The number of anilines is 1. The Bertz CT molecular complexity index is 785. The molecule has 1 N–H and O–H groups in total. The van der Waals surface area contributed by atoms with Gasteiger partial charge in [0.25, 0.3) is 0 Å². The molecule has 0 spiro atoms. The molecule has 6 nitrogen and oxygen atoms in total. The Kier molecular flexibility index (Phi) is 4.41. The van der Waals surface area contributed by atoms with Crippen molar-refractivity contribution in [3.05, 3.63) is 48.6 Å². The van der Waals surface area contributed by atoms with E-state index in [1.165, 1.54) is 12.3 Å². The average Bonchev–Trinajstić information content (AvgIpc) is 3.22. The van der Waals surface area contributed by atoms with E-state index in [-0.39, 0.29) is 18.2 Å². The standard InChI is InChI=1S/C15H12F3N3O3/c16-15(17,18)9-23-11-5-2-1-4-10(11)19-8-13-20-14(21-24-13)12-6-3-7-22-12/h1-7,19H,8-9H2. The molecule has 3 aromatic rings. The number of ether oxygens (including phenoxy) is 1. The van der Waals surface area contributed by atoms with Gasteiger partial charge in [0.15, 0.2) is 12.4 Å². The van der Waals surface area contributed by atoms with E-state index in [1.807, 2.05) is 0 Å². The summed E-state index contributed by atoms with van der Waals surface area (Å²) in [5, 5.41) is 6.67. The van der Waals surface area contributed by atoms with Crippen molar-refractivity contribution in [2.75, 3.05) is 11.9 Å².